The number of carbonyl (C=O) groups is 1. The number of nitrogen functional groups attached to an aromatic ring is 1. The molecule has 0 unspecified atom stereocenters. The van der Waals surface area contributed by atoms with Crippen LogP contribution in [-0.4, -0.2) is 17.9 Å². The summed E-state index contributed by atoms with van der Waals surface area (Å²) < 4.78 is 5.58. The van der Waals surface area contributed by atoms with Gasteiger partial charge in [-0.3, -0.25) is 4.79 Å². The molecule has 0 fully saturated rings. The third-order valence-corrected chi connectivity index (χ3v) is 3.93. The van der Waals surface area contributed by atoms with Gasteiger partial charge in [-0.25, -0.2) is 0 Å². The van der Waals surface area contributed by atoms with Gasteiger partial charge in [0.1, 0.15) is 5.58 Å². The highest BCUT2D eigenvalue weighted by Crippen LogP contribution is 2.23. The molecular formula is C15H14N2O2S. The quantitative estimate of drug-likeness (QED) is 0.751. The Morgan fingerprint density at radius 2 is 2.20 bits per heavy atom. The van der Waals surface area contributed by atoms with Crippen molar-refractivity contribution in [1.29, 1.82) is 0 Å². The lowest BCUT2D eigenvalue weighted by Gasteiger charge is -2.14. The van der Waals surface area contributed by atoms with Crippen molar-refractivity contribution in [2.24, 2.45) is 0 Å². The van der Waals surface area contributed by atoms with Gasteiger partial charge in [0.15, 0.2) is 5.76 Å². The number of thiophene rings is 1. The van der Waals surface area contributed by atoms with Crippen molar-refractivity contribution >= 4 is 33.9 Å². The first-order valence-corrected chi connectivity index (χ1v) is 7.08. The van der Waals surface area contributed by atoms with Gasteiger partial charge in [-0.1, -0.05) is 6.07 Å². The van der Waals surface area contributed by atoms with Crippen LogP contribution in [-0.2, 0) is 6.54 Å². The second-order valence-corrected chi connectivity index (χ2v) is 5.68. The van der Waals surface area contributed by atoms with Crippen LogP contribution in [0.25, 0.3) is 11.0 Å². The lowest BCUT2D eigenvalue weighted by molar-refractivity contribution is 0.0757. The first-order valence-electron chi connectivity index (χ1n) is 6.20. The van der Waals surface area contributed by atoms with Crippen molar-refractivity contribution in [2.45, 2.75) is 6.54 Å². The number of fused-ring (bicyclic) bond motifs is 1. The van der Waals surface area contributed by atoms with Crippen LogP contribution in [0.15, 0.2) is 46.2 Å². The Kier molecular flexibility index (Phi) is 3.20. The predicted octanol–water partition coefficient (Wildman–Crippen LogP) is 3.35. The fourth-order valence-corrected chi connectivity index (χ4v) is 2.82. The van der Waals surface area contributed by atoms with Crippen LogP contribution in [0.2, 0.25) is 0 Å². The van der Waals surface area contributed by atoms with Crippen LogP contribution in [0.3, 0.4) is 0 Å². The molecule has 1 amide bonds. The van der Waals surface area contributed by atoms with Gasteiger partial charge in [0.05, 0.1) is 6.54 Å². The molecule has 3 rings (SSSR count). The Hall–Kier alpha value is -2.27. The van der Waals surface area contributed by atoms with Gasteiger partial charge >= 0.3 is 0 Å². The largest absolute Gasteiger partial charge is 0.451 e. The number of hydrogen-bond donors (Lipinski definition) is 1. The Bertz CT molecular complexity index is 746. The molecule has 0 atom stereocenters. The van der Waals surface area contributed by atoms with E-state index in [1.54, 1.807) is 47.5 Å². The number of rotatable bonds is 3. The molecule has 3 aromatic rings. The van der Waals surface area contributed by atoms with Crippen LogP contribution in [0, 0.1) is 0 Å². The minimum atomic E-state index is -0.131. The fourth-order valence-electron chi connectivity index (χ4n) is 2.06. The summed E-state index contributed by atoms with van der Waals surface area (Å²) in [5, 5.41) is 2.84. The minimum absolute atomic E-state index is 0.131. The van der Waals surface area contributed by atoms with Crippen molar-refractivity contribution in [1.82, 2.24) is 4.90 Å². The van der Waals surface area contributed by atoms with E-state index in [9.17, 15) is 4.79 Å². The molecule has 2 aromatic heterocycles. The lowest BCUT2D eigenvalue weighted by atomic mass is 10.2. The van der Waals surface area contributed by atoms with E-state index in [1.807, 2.05) is 17.5 Å². The maximum absolute atomic E-state index is 12.3. The van der Waals surface area contributed by atoms with E-state index in [1.165, 1.54) is 0 Å². The lowest BCUT2D eigenvalue weighted by Crippen LogP contribution is -2.25. The third kappa shape index (κ3) is 2.40. The fraction of sp³-hybridized carbons (Fsp3) is 0.133. The van der Waals surface area contributed by atoms with E-state index in [0.29, 0.717) is 23.6 Å². The average molecular weight is 286 g/mol. The molecule has 0 aliphatic rings. The summed E-state index contributed by atoms with van der Waals surface area (Å²) in [6, 6.07) is 11.1. The molecule has 4 nitrogen and oxygen atoms in total. The van der Waals surface area contributed by atoms with Crippen LogP contribution >= 0.6 is 11.3 Å². The van der Waals surface area contributed by atoms with Crippen molar-refractivity contribution in [3.05, 3.63) is 52.4 Å². The molecule has 2 heterocycles. The predicted molar refractivity (Wildman–Crippen MR) is 80.7 cm³/mol. The van der Waals surface area contributed by atoms with Gasteiger partial charge < -0.3 is 15.1 Å². The maximum atomic E-state index is 12.3. The van der Waals surface area contributed by atoms with E-state index in [4.69, 9.17) is 10.2 Å². The van der Waals surface area contributed by atoms with Crippen LogP contribution in [0.4, 0.5) is 5.69 Å². The summed E-state index contributed by atoms with van der Waals surface area (Å²) in [5.74, 6) is 0.206. The molecule has 0 aliphatic carbocycles. The van der Waals surface area contributed by atoms with Crippen LogP contribution < -0.4 is 5.73 Å². The van der Waals surface area contributed by atoms with Gasteiger partial charge in [0.2, 0.25) is 0 Å². The van der Waals surface area contributed by atoms with Gasteiger partial charge in [-0.05, 0) is 35.7 Å². The Labute approximate surface area is 120 Å². The first-order chi connectivity index (χ1) is 9.63. The Balaban J connectivity index is 1.84. The molecule has 0 aliphatic heterocycles. The van der Waals surface area contributed by atoms with Crippen LogP contribution in [0.1, 0.15) is 15.4 Å². The summed E-state index contributed by atoms with van der Waals surface area (Å²) in [6.07, 6.45) is 0. The number of carbonyl (C=O) groups excluding carboxylic acids is 1. The van der Waals surface area contributed by atoms with E-state index < -0.39 is 0 Å². The van der Waals surface area contributed by atoms with E-state index in [2.05, 4.69) is 0 Å². The van der Waals surface area contributed by atoms with Gasteiger partial charge in [-0.15, -0.1) is 11.3 Å². The number of benzene rings is 1. The number of anilines is 1. The van der Waals surface area contributed by atoms with Gasteiger partial charge in [-0.2, -0.15) is 0 Å². The van der Waals surface area contributed by atoms with Gasteiger partial charge in [0.25, 0.3) is 5.91 Å². The SMILES string of the molecule is CN(Cc1cccs1)C(=O)c1cc2cc(N)ccc2o1. The molecule has 20 heavy (non-hydrogen) atoms. The van der Waals surface area contributed by atoms with Crippen molar-refractivity contribution < 1.29 is 9.21 Å². The molecule has 0 bridgehead atoms. The zero-order chi connectivity index (χ0) is 14.1. The summed E-state index contributed by atoms with van der Waals surface area (Å²) >= 11 is 1.63. The third-order valence-electron chi connectivity index (χ3n) is 3.07. The average Bonchev–Trinajstić information content (AvgIpc) is 3.06. The molecule has 0 spiro atoms. The van der Waals surface area contributed by atoms with Crippen molar-refractivity contribution in [3.63, 3.8) is 0 Å². The molecule has 1 aromatic carbocycles. The number of furan rings is 1. The Morgan fingerprint density at radius 1 is 1.35 bits per heavy atom. The topological polar surface area (TPSA) is 59.5 Å². The minimum Gasteiger partial charge on any atom is -0.451 e. The highest BCUT2D eigenvalue weighted by molar-refractivity contribution is 7.09. The smallest absolute Gasteiger partial charge is 0.289 e. The summed E-state index contributed by atoms with van der Waals surface area (Å²) in [6.45, 7) is 0.579. The molecule has 2 N–H and O–H groups in total. The standard InChI is InChI=1S/C15H14N2O2S/c1-17(9-12-3-2-6-20-12)15(18)14-8-10-7-11(16)4-5-13(10)19-14/h2-8H,9,16H2,1H3. The Morgan fingerprint density at radius 3 is 2.95 bits per heavy atom. The maximum Gasteiger partial charge on any atom is 0.289 e. The second kappa shape index (κ2) is 5.02. The summed E-state index contributed by atoms with van der Waals surface area (Å²) in [5.41, 5.74) is 7.05. The zero-order valence-corrected chi connectivity index (χ0v) is 11.8. The first kappa shape index (κ1) is 12.7. The molecule has 5 heteroatoms. The van der Waals surface area contributed by atoms with Gasteiger partial charge in [0, 0.05) is 23.0 Å². The van der Waals surface area contributed by atoms with Crippen LogP contribution in [0.5, 0.6) is 0 Å². The number of amides is 1. The zero-order valence-electron chi connectivity index (χ0n) is 11.0. The molecule has 102 valence electrons. The van der Waals surface area contributed by atoms with E-state index >= 15 is 0 Å². The summed E-state index contributed by atoms with van der Waals surface area (Å²) in [4.78, 5) is 15.1. The normalized spacial score (nSPS) is 10.8. The number of nitrogens with two attached hydrogens (primary N) is 1. The summed E-state index contributed by atoms with van der Waals surface area (Å²) in [7, 11) is 1.77. The molecule has 0 saturated heterocycles. The van der Waals surface area contributed by atoms with E-state index in [0.717, 1.165) is 10.3 Å². The highest BCUT2D eigenvalue weighted by atomic mass is 32.1. The monoisotopic (exact) mass is 286 g/mol. The second-order valence-electron chi connectivity index (χ2n) is 4.65. The van der Waals surface area contributed by atoms with Crippen molar-refractivity contribution in [3.8, 4) is 0 Å². The van der Waals surface area contributed by atoms with E-state index in [-0.39, 0.29) is 5.91 Å². The van der Waals surface area contributed by atoms with Crippen molar-refractivity contribution in [2.75, 3.05) is 12.8 Å². The molecule has 0 saturated carbocycles. The molecular weight excluding hydrogens is 272 g/mol. The highest BCUT2D eigenvalue weighted by Gasteiger charge is 2.17. The number of hydrogen-bond acceptors (Lipinski definition) is 4. The molecule has 0 radical (unpaired) electrons. The number of nitrogens with zero attached hydrogens (tertiary/aromatic N) is 1.